The summed E-state index contributed by atoms with van der Waals surface area (Å²) in [5.41, 5.74) is 1.12. The molecule has 1 unspecified atom stereocenters. The zero-order valence-corrected chi connectivity index (χ0v) is 12.9. The van der Waals surface area contributed by atoms with Crippen molar-refractivity contribution in [2.45, 2.75) is 25.2 Å². The van der Waals surface area contributed by atoms with Gasteiger partial charge in [-0.3, -0.25) is 0 Å². The van der Waals surface area contributed by atoms with Gasteiger partial charge in [0.15, 0.2) is 6.29 Å². The molecule has 0 saturated carbocycles. The Labute approximate surface area is 133 Å². The number of aromatic nitrogens is 2. The largest absolute Gasteiger partial charge is 0.350 e. The fourth-order valence-electron chi connectivity index (χ4n) is 2.51. The van der Waals surface area contributed by atoms with Gasteiger partial charge in [-0.15, -0.1) is 0 Å². The van der Waals surface area contributed by atoms with Crippen LogP contribution in [0.25, 0.3) is 0 Å². The summed E-state index contributed by atoms with van der Waals surface area (Å²) in [5, 5.41) is 1.13. The second-order valence-corrected chi connectivity index (χ2v) is 5.85. The molecule has 0 spiro atoms. The lowest BCUT2D eigenvalue weighted by Gasteiger charge is -2.21. The number of hydrogen-bond acceptors (Lipinski definition) is 3. The highest BCUT2D eigenvalue weighted by Gasteiger charge is 2.23. The molecule has 2 heterocycles. The van der Waals surface area contributed by atoms with E-state index >= 15 is 0 Å². The van der Waals surface area contributed by atoms with Gasteiger partial charge in [-0.05, 0) is 17.7 Å². The summed E-state index contributed by atoms with van der Waals surface area (Å²) in [4.78, 5) is 4.09. The van der Waals surface area contributed by atoms with Gasteiger partial charge in [0, 0.05) is 31.3 Å². The number of rotatable bonds is 5. The molecule has 0 bridgehead atoms. The Morgan fingerprint density at radius 1 is 1.24 bits per heavy atom. The van der Waals surface area contributed by atoms with Crippen molar-refractivity contribution in [1.29, 1.82) is 0 Å². The minimum absolute atomic E-state index is 0.159. The van der Waals surface area contributed by atoms with Crippen molar-refractivity contribution < 1.29 is 9.47 Å². The van der Waals surface area contributed by atoms with Gasteiger partial charge in [-0.25, -0.2) is 4.98 Å². The topological polar surface area (TPSA) is 36.3 Å². The third-order valence-corrected chi connectivity index (χ3v) is 4.31. The van der Waals surface area contributed by atoms with E-state index in [1.165, 1.54) is 0 Å². The van der Waals surface area contributed by atoms with Crippen LogP contribution in [0.15, 0.2) is 36.9 Å². The average molecular weight is 327 g/mol. The van der Waals surface area contributed by atoms with Gasteiger partial charge in [-0.1, -0.05) is 29.3 Å². The minimum atomic E-state index is -0.159. The van der Waals surface area contributed by atoms with Crippen molar-refractivity contribution in [2.75, 3.05) is 13.2 Å². The van der Waals surface area contributed by atoms with Crippen LogP contribution in [0.3, 0.4) is 0 Å². The summed E-state index contributed by atoms with van der Waals surface area (Å²) in [7, 11) is 0. The van der Waals surface area contributed by atoms with E-state index in [2.05, 4.69) is 4.98 Å². The summed E-state index contributed by atoms with van der Waals surface area (Å²) >= 11 is 12.1. The monoisotopic (exact) mass is 326 g/mol. The Morgan fingerprint density at radius 3 is 2.71 bits per heavy atom. The number of nitrogens with zero attached hydrogens (tertiary/aromatic N) is 2. The van der Waals surface area contributed by atoms with E-state index in [1.807, 2.05) is 29.0 Å². The first kappa shape index (κ1) is 14.9. The molecule has 1 fully saturated rings. The van der Waals surface area contributed by atoms with E-state index in [9.17, 15) is 0 Å². The molecule has 0 aliphatic carbocycles. The molecule has 3 rings (SSSR count). The first-order valence-electron chi connectivity index (χ1n) is 6.86. The third-order valence-electron chi connectivity index (χ3n) is 3.57. The summed E-state index contributed by atoms with van der Waals surface area (Å²) in [6.45, 7) is 2.11. The van der Waals surface area contributed by atoms with Crippen molar-refractivity contribution in [3.05, 3.63) is 52.5 Å². The summed E-state index contributed by atoms with van der Waals surface area (Å²) in [5.74, 6) is 0.220. The number of ether oxygens (including phenoxy) is 2. The third kappa shape index (κ3) is 3.77. The van der Waals surface area contributed by atoms with Gasteiger partial charge in [0.05, 0.1) is 29.6 Å². The van der Waals surface area contributed by atoms with Crippen molar-refractivity contribution in [3.63, 3.8) is 0 Å². The number of imidazole rings is 1. The SMILES string of the molecule is Clc1ccc(C(CC2OCCO2)Cn2ccnc2)cc1Cl. The minimum Gasteiger partial charge on any atom is -0.350 e. The zero-order valence-electron chi connectivity index (χ0n) is 11.4. The lowest BCUT2D eigenvalue weighted by Crippen LogP contribution is -2.17. The van der Waals surface area contributed by atoms with Crippen molar-refractivity contribution in [3.8, 4) is 0 Å². The number of hydrogen-bond donors (Lipinski definition) is 0. The molecule has 1 aliphatic heterocycles. The van der Waals surface area contributed by atoms with Crippen LogP contribution < -0.4 is 0 Å². The highest BCUT2D eigenvalue weighted by molar-refractivity contribution is 6.42. The Hall–Kier alpha value is -1.07. The standard InChI is InChI=1S/C15H16Cl2N2O2/c16-13-2-1-11(7-14(13)17)12(8-15-20-5-6-21-15)9-19-4-3-18-10-19/h1-4,7,10,12,15H,5-6,8-9H2. The van der Waals surface area contributed by atoms with Crippen LogP contribution in [0, 0.1) is 0 Å². The van der Waals surface area contributed by atoms with Crippen LogP contribution in [-0.2, 0) is 16.0 Å². The Morgan fingerprint density at radius 2 is 2.05 bits per heavy atom. The Kier molecular flexibility index (Phi) is 4.80. The number of benzene rings is 1. The van der Waals surface area contributed by atoms with Crippen LogP contribution in [0.4, 0.5) is 0 Å². The molecule has 1 aromatic carbocycles. The van der Waals surface area contributed by atoms with Crippen LogP contribution in [-0.4, -0.2) is 29.1 Å². The molecule has 1 aromatic heterocycles. The van der Waals surface area contributed by atoms with Crippen molar-refractivity contribution in [2.24, 2.45) is 0 Å². The first-order chi connectivity index (χ1) is 10.2. The van der Waals surface area contributed by atoms with Crippen LogP contribution in [0.5, 0.6) is 0 Å². The summed E-state index contributed by atoms with van der Waals surface area (Å²) < 4.78 is 13.2. The summed E-state index contributed by atoms with van der Waals surface area (Å²) in [6.07, 6.45) is 6.14. The lowest BCUT2D eigenvalue weighted by molar-refractivity contribution is -0.0519. The van der Waals surface area contributed by atoms with E-state index in [0.717, 1.165) is 18.5 Å². The molecule has 0 radical (unpaired) electrons. The highest BCUT2D eigenvalue weighted by atomic mass is 35.5. The van der Waals surface area contributed by atoms with Crippen LogP contribution in [0.1, 0.15) is 17.9 Å². The smallest absolute Gasteiger partial charge is 0.158 e. The van der Waals surface area contributed by atoms with Crippen molar-refractivity contribution >= 4 is 23.2 Å². The van der Waals surface area contributed by atoms with Gasteiger partial charge in [-0.2, -0.15) is 0 Å². The van der Waals surface area contributed by atoms with Gasteiger partial charge >= 0.3 is 0 Å². The van der Waals surface area contributed by atoms with E-state index in [-0.39, 0.29) is 12.2 Å². The van der Waals surface area contributed by atoms with Crippen molar-refractivity contribution in [1.82, 2.24) is 9.55 Å². The predicted molar refractivity (Wildman–Crippen MR) is 81.7 cm³/mol. The fraction of sp³-hybridized carbons (Fsp3) is 0.400. The normalized spacial score (nSPS) is 17.2. The molecule has 112 valence electrons. The second kappa shape index (κ2) is 6.79. The highest BCUT2D eigenvalue weighted by Crippen LogP contribution is 2.31. The molecular weight excluding hydrogens is 311 g/mol. The van der Waals surface area contributed by atoms with Crippen LogP contribution >= 0.6 is 23.2 Å². The summed E-state index contributed by atoms with van der Waals surface area (Å²) in [6, 6.07) is 5.75. The molecule has 0 amide bonds. The molecule has 1 aliphatic rings. The second-order valence-electron chi connectivity index (χ2n) is 5.04. The van der Waals surface area contributed by atoms with Gasteiger partial charge < -0.3 is 14.0 Å². The molecule has 6 heteroatoms. The predicted octanol–water partition coefficient (Wildman–Crippen LogP) is 3.74. The Bertz CT molecular complexity index is 583. The Balaban J connectivity index is 1.81. The van der Waals surface area contributed by atoms with Gasteiger partial charge in [0.25, 0.3) is 0 Å². The molecule has 0 N–H and O–H groups in total. The number of halogens is 2. The molecule has 2 aromatic rings. The van der Waals surface area contributed by atoms with Gasteiger partial charge in [0.1, 0.15) is 0 Å². The fourth-order valence-corrected chi connectivity index (χ4v) is 2.81. The van der Waals surface area contributed by atoms with Crippen LogP contribution in [0.2, 0.25) is 10.0 Å². The lowest BCUT2D eigenvalue weighted by atomic mass is 9.95. The maximum absolute atomic E-state index is 6.14. The van der Waals surface area contributed by atoms with E-state index < -0.39 is 0 Å². The molecule has 4 nitrogen and oxygen atoms in total. The van der Waals surface area contributed by atoms with E-state index in [4.69, 9.17) is 32.7 Å². The maximum atomic E-state index is 6.14. The zero-order chi connectivity index (χ0) is 14.7. The van der Waals surface area contributed by atoms with E-state index in [1.54, 1.807) is 12.5 Å². The van der Waals surface area contributed by atoms with E-state index in [0.29, 0.717) is 23.3 Å². The molecular formula is C15H16Cl2N2O2. The quantitative estimate of drug-likeness (QED) is 0.839. The molecule has 21 heavy (non-hydrogen) atoms. The molecule has 1 atom stereocenters. The maximum Gasteiger partial charge on any atom is 0.158 e. The van der Waals surface area contributed by atoms with Gasteiger partial charge in [0.2, 0.25) is 0 Å². The first-order valence-corrected chi connectivity index (χ1v) is 7.62. The average Bonchev–Trinajstić information content (AvgIpc) is 3.14. The molecule has 1 saturated heterocycles.